The lowest BCUT2D eigenvalue weighted by atomic mass is 9.98. The third kappa shape index (κ3) is 3.05. The number of carbonyl (C=O) groups is 1. The lowest BCUT2D eigenvalue weighted by Gasteiger charge is -2.35. The van der Waals surface area contributed by atoms with Gasteiger partial charge >= 0.3 is 0 Å². The van der Waals surface area contributed by atoms with Crippen molar-refractivity contribution in [2.24, 2.45) is 0 Å². The Kier molecular flexibility index (Phi) is 4.79. The molecule has 0 heterocycles. The number of methoxy groups -OCH3 is 1. The molecule has 0 atom stereocenters. The second kappa shape index (κ2) is 5.74. The molecule has 1 amide bonds. The van der Waals surface area contributed by atoms with E-state index in [0.29, 0.717) is 11.3 Å². The quantitative estimate of drug-likeness (QED) is 0.848. The van der Waals surface area contributed by atoms with Crippen molar-refractivity contribution in [3.63, 3.8) is 0 Å². The second-order valence-corrected chi connectivity index (χ2v) is 5.79. The van der Waals surface area contributed by atoms with Crippen LogP contribution < -0.4 is 4.74 Å². The normalized spacial score (nSPS) is 11.2. The zero-order chi connectivity index (χ0) is 13.9. The Morgan fingerprint density at radius 1 is 1.44 bits per heavy atom. The first-order valence-electron chi connectivity index (χ1n) is 5.95. The average Bonchev–Trinajstić information content (AvgIpc) is 2.36. The van der Waals surface area contributed by atoms with Crippen LogP contribution in [0.5, 0.6) is 5.75 Å². The summed E-state index contributed by atoms with van der Waals surface area (Å²) in [5, 5.41) is 0. The van der Waals surface area contributed by atoms with Gasteiger partial charge in [-0.25, -0.2) is 0 Å². The highest BCUT2D eigenvalue weighted by Gasteiger charge is 2.28. The standard InChI is InChI=1S/C14H20BrNO2/c1-6-14(2,3)16(4)13(17)11-8-7-10(15)9-12(11)18-5/h7-9H,6H2,1-5H3. The Morgan fingerprint density at radius 2 is 2.06 bits per heavy atom. The summed E-state index contributed by atoms with van der Waals surface area (Å²) >= 11 is 3.37. The maximum absolute atomic E-state index is 12.5. The molecular weight excluding hydrogens is 294 g/mol. The first-order chi connectivity index (χ1) is 8.33. The molecule has 0 aliphatic heterocycles. The fourth-order valence-electron chi connectivity index (χ4n) is 1.53. The molecule has 0 aromatic heterocycles. The van der Waals surface area contributed by atoms with E-state index >= 15 is 0 Å². The number of benzene rings is 1. The molecule has 0 radical (unpaired) electrons. The lowest BCUT2D eigenvalue weighted by Crippen LogP contribution is -2.44. The third-order valence-corrected chi connectivity index (χ3v) is 3.97. The van der Waals surface area contributed by atoms with Gasteiger partial charge in [-0.2, -0.15) is 0 Å². The molecule has 100 valence electrons. The molecule has 3 nitrogen and oxygen atoms in total. The average molecular weight is 314 g/mol. The molecule has 1 aromatic rings. The summed E-state index contributed by atoms with van der Waals surface area (Å²) < 4.78 is 6.16. The van der Waals surface area contributed by atoms with E-state index in [1.807, 2.05) is 13.1 Å². The first kappa shape index (κ1) is 15.0. The Morgan fingerprint density at radius 3 is 2.56 bits per heavy atom. The number of ether oxygens (including phenoxy) is 1. The maximum Gasteiger partial charge on any atom is 0.257 e. The highest BCUT2D eigenvalue weighted by atomic mass is 79.9. The minimum Gasteiger partial charge on any atom is -0.496 e. The largest absolute Gasteiger partial charge is 0.496 e. The van der Waals surface area contributed by atoms with Crippen LogP contribution in [-0.4, -0.2) is 30.5 Å². The molecule has 0 fully saturated rings. The fraction of sp³-hybridized carbons (Fsp3) is 0.500. The molecule has 1 aromatic carbocycles. The van der Waals surface area contributed by atoms with Crippen LogP contribution in [0.1, 0.15) is 37.6 Å². The van der Waals surface area contributed by atoms with Crippen LogP contribution in [0, 0.1) is 0 Å². The van der Waals surface area contributed by atoms with Crippen LogP contribution in [0.15, 0.2) is 22.7 Å². The molecule has 18 heavy (non-hydrogen) atoms. The van der Waals surface area contributed by atoms with Gasteiger partial charge in [-0.15, -0.1) is 0 Å². The van der Waals surface area contributed by atoms with Gasteiger partial charge in [0, 0.05) is 17.1 Å². The van der Waals surface area contributed by atoms with Crippen LogP contribution in [0.4, 0.5) is 0 Å². The van der Waals surface area contributed by atoms with E-state index in [1.165, 1.54) is 0 Å². The molecule has 0 saturated carbocycles. The van der Waals surface area contributed by atoms with Gasteiger partial charge in [0.05, 0.1) is 12.7 Å². The smallest absolute Gasteiger partial charge is 0.257 e. The van der Waals surface area contributed by atoms with E-state index in [9.17, 15) is 4.79 Å². The number of halogens is 1. The van der Waals surface area contributed by atoms with Gasteiger partial charge < -0.3 is 9.64 Å². The summed E-state index contributed by atoms with van der Waals surface area (Å²) in [5.74, 6) is 0.569. The molecule has 0 aliphatic rings. The summed E-state index contributed by atoms with van der Waals surface area (Å²) in [5.41, 5.74) is 0.416. The van der Waals surface area contributed by atoms with Crippen LogP contribution in [0.25, 0.3) is 0 Å². The number of hydrogen-bond acceptors (Lipinski definition) is 2. The molecule has 0 bridgehead atoms. The highest BCUT2D eigenvalue weighted by molar-refractivity contribution is 9.10. The molecule has 4 heteroatoms. The van der Waals surface area contributed by atoms with E-state index in [1.54, 1.807) is 24.1 Å². The van der Waals surface area contributed by atoms with Crippen molar-refractivity contribution < 1.29 is 9.53 Å². The van der Waals surface area contributed by atoms with Crippen LogP contribution in [0.2, 0.25) is 0 Å². The molecule has 0 saturated heterocycles. The fourth-order valence-corrected chi connectivity index (χ4v) is 1.87. The molecule has 0 unspecified atom stereocenters. The number of carbonyl (C=O) groups excluding carboxylic acids is 1. The van der Waals surface area contributed by atoms with Crippen molar-refractivity contribution >= 4 is 21.8 Å². The van der Waals surface area contributed by atoms with Crippen molar-refractivity contribution in [3.8, 4) is 5.75 Å². The Bertz CT molecular complexity index is 443. The SMILES string of the molecule is CCC(C)(C)N(C)C(=O)c1ccc(Br)cc1OC. The minimum absolute atomic E-state index is 0.0220. The Hall–Kier alpha value is -1.03. The van der Waals surface area contributed by atoms with Crippen LogP contribution in [0.3, 0.4) is 0 Å². The monoisotopic (exact) mass is 313 g/mol. The van der Waals surface area contributed by atoms with Crippen LogP contribution >= 0.6 is 15.9 Å². The minimum atomic E-state index is -0.171. The van der Waals surface area contributed by atoms with Crippen molar-refractivity contribution in [1.82, 2.24) is 4.90 Å². The summed E-state index contributed by atoms with van der Waals surface area (Å²) in [4.78, 5) is 14.2. The van der Waals surface area contributed by atoms with E-state index in [2.05, 4.69) is 36.7 Å². The summed E-state index contributed by atoms with van der Waals surface area (Å²) in [6.45, 7) is 6.18. The zero-order valence-corrected chi connectivity index (χ0v) is 13.2. The Balaban J connectivity index is 3.11. The van der Waals surface area contributed by atoms with E-state index < -0.39 is 0 Å². The van der Waals surface area contributed by atoms with E-state index in [-0.39, 0.29) is 11.4 Å². The molecule has 0 spiro atoms. The van der Waals surface area contributed by atoms with Gasteiger partial charge in [0.25, 0.3) is 5.91 Å². The number of nitrogens with zero attached hydrogens (tertiary/aromatic N) is 1. The molecule has 0 aliphatic carbocycles. The van der Waals surface area contributed by atoms with Crippen molar-refractivity contribution in [1.29, 1.82) is 0 Å². The second-order valence-electron chi connectivity index (χ2n) is 4.87. The van der Waals surface area contributed by atoms with E-state index in [4.69, 9.17) is 4.74 Å². The van der Waals surface area contributed by atoms with Crippen molar-refractivity contribution in [2.45, 2.75) is 32.7 Å². The predicted molar refractivity (Wildman–Crippen MR) is 77.2 cm³/mol. The summed E-state index contributed by atoms with van der Waals surface area (Å²) in [7, 11) is 3.40. The van der Waals surface area contributed by atoms with Gasteiger partial charge in [0.1, 0.15) is 5.75 Å². The highest BCUT2D eigenvalue weighted by Crippen LogP contribution is 2.27. The van der Waals surface area contributed by atoms with Gasteiger partial charge in [0.2, 0.25) is 0 Å². The third-order valence-electron chi connectivity index (χ3n) is 3.47. The summed E-state index contributed by atoms with van der Waals surface area (Å²) in [6, 6.07) is 5.44. The van der Waals surface area contributed by atoms with Crippen LogP contribution in [-0.2, 0) is 0 Å². The van der Waals surface area contributed by atoms with Gasteiger partial charge in [-0.1, -0.05) is 22.9 Å². The number of amides is 1. The van der Waals surface area contributed by atoms with Gasteiger partial charge in [0.15, 0.2) is 0 Å². The molecule has 0 N–H and O–H groups in total. The maximum atomic E-state index is 12.5. The topological polar surface area (TPSA) is 29.5 Å². The zero-order valence-electron chi connectivity index (χ0n) is 11.6. The van der Waals surface area contributed by atoms with Gasteiger partial charge in [-0.05, 0) is 38.5 Å². The number of rotatable bonds is 4. The Labute approximate surface area is 117 Å². The van der Waals surface area contributed by atoms with Crippen molar-refractivity contribution in [2.75, 3.05) is 14.2 Å². The van der Waals surface area contributed by atoms with Gasteiger partial charge in [-0.3, -0.25) is 4.79 Å². The lowest BCUT2D eigenvalue weighted by molar-refractivity contribution is 0.0617. The van der Waals surface area contributed by atoms with E-state index in [0.717, 1.165) is 10.9 Å². The summed E-state index contributed by atoms with van der Waals surface area (Å²) in [6.07, 6.45) is 0.897. The molecule has 1 rings (SSSR count). The van der Waals surface area contributed by atoms with Crippen molar-refractivity contribution in [3.05, 3.63) is 28.2 Å². The predicted octanol–water partition coefficient (Wildman–Crippen LogP) is 3.72. The first-order valence-corrected chi connectivity index (χ1v) is 6.74. The number of hydrogen-bond donors (Lipinski definition) is 0. The molecular formula is C14H20BrNO2.